The SMILES string of the molecule is COc1ccc(CCNCc2cc(Br)c(OCC(N)=O)c(OC)c2)cc1.Cl. The Morgan fingerprint density at radius 3 is 2.41 bits per heavy atom. The van der Waals surface area contributed by atoms with Crippen molar-refractivity contribution in [1.82, 2.24) is 5.32 Å². The first-order valence-corrected chi connectivity index (χ1v) is 8.94. The molecule has 0 spiro atoms. The Labute approximate surface area is 173 Å². The number of primary amides is 1. The van der Waals surface area contributed by atoms with Gasteiger partial charge in [-0.15, -0.1) is 12.4 Å². The summed E-state index contributed by atoms with van der Waals surface area (Å²) in [4.78, 5) is 10.9. The van der Waals surface area contributed by atoms with Gasteiger partial charge in [0, 0.05) is 6.54 Å². The lowest BCUT2D eigenvalue weighted by molar-refractivity contribution is -0.119. The highest BCUT2D eigenvalue weighted by Gasteiger charge is 2.12. The molecule has 0 atom stereocenters. The first-order chi connectivity index (χ1) is 12.5. The molecule has 27 heavy (non-hydrogen) atoms. The van der Waals surface area contributed by atoms with Crippen LogP contribution >= 0.6 is 28.3 Å². The van der Waals surface area contributed by atoms with Crippen molar-refractivity contribution in [1.29, 1.82) is 0 Å². The van der Waals surface area contributed by atoms with Crippen LogP contribution in [0, 0.1) is 0 Å². The number of hydrogen-bond acceptors (Lipinski definition) is 5. The number of halogens is 2. The van der Waals surface area contributed by atoms with Crippen LogP contribution in [0.25, 0.3) is 0 Å². The fourth-order valence-electron chi connectivity index (χ4n) is 2.42. The summed E-state index contributed by atoms with van der Waals surface area (Å²) in [5.74, 6) is 1.33. The number of methoxy groups -OCH3 is 2. The number of benzene rings is 2. The van der Waals surface area contributed by atoms with Gasteiger partial charge in [0.1, 0.15) is 5.75 Å². The second-order valence-corrected chi connectivity index (χ2v) is 6.49. The number of carbonyl (C=O) groups is 1. The topological polar surface area (TPSA) is 82.8 Å². The Bertz CT molecular complexity index is 741. The maximum absolute atomic E-state index is 10.9. The molecule has 0 aliphatic carbocycles. The predicted octanol–water partition coefficient (Wildman–Crippen LogP) is 3.08. The summed E-state index contributed by atoms with van der Waals surface area (Å²) in [5.41, 5.74) is 7.40. The van der Waals surface area contributed by atoms with E-state index in [2.05, 4.69) is 33.4 Å². The van der Waals surface area contributed by atoms with E-state index in [0.717, 1.165) is 24.3 Å². The molecule has 0 saturated heterocycles. The third-order valence-corrected chi connectivity index (χ3v) is 4.32. The van der Waals surface area contributed by atoms with Crippen LogP contribution in [0.3, 0.4) is 0 Å². The third kappa shape index (κ3) is 7.28. The van der Waals surface area contributed by atoms with E-state index in [4.69, 9.17) is 19.9 Å². The van der Waals surface area contributed by atoms with Crippen molar-refractivity contribution < 1.29 is 19.0 Å². The minimum absolute atomic E-state index is 0. The molecule has 148 valence electrons. The van der Waals surface area contributed by atoms with Crippen LogP contribution < -0.4 is 25.3 Å². The van der Waals surface area contributed by atoms with E-state index in [1.54, 1.807) is 14.2 Å². The predicted molar refractivity (Wildman–Crippen MR) is 111 cm³/mol. The fourth-order valence-corrected chi connectivity index (χ4v) is 3.02. The minimum Gasteiger partial charge on any atom is -0.497 e. The van der Waals surface area contributed by atoms with Crippen LogP contribution in [0.2, 0.25) is 0 Å². The largest absolute Gasteiger partial charge is 0.497 e. The Morgan fingerprint density at radius 2 is 1.81 bits per heavy atom. The van der Waals surface area contributed by atoms with E-state index < -0.39 is 5.91 Å². The van der Waals surface area contributed by atoms with Gasteiger partial charge in [0.05, 0.1) is 18.7 Å². The Balaban J connectivity index is 0.00000364. The first kappa shape index (κ1) is 23.1. The third-order valence-electron chi connectivity index (χ3n) is 3.73. The molecule has 0 saturated carbocycles. The van der Waals surface area contributed by atoms with Gasteiger partial charge in [0.2, 0.25) is 0 Å². The van der Waals surface area contributed by atoms with Gasteiger partial charge in [0.15, 0.2) is 18.1 Å². The van der Waals surface area contributed by atoms with Crippen LogP contribution in [0.1, 0.15) is 11.1 Å². The van der Waals surface area contributed by atoms with Gasteiger partial charge in [-0.2, -0.15) is 0 Å². The summed E-state index contributed by atoms with van der Waals surface area (Å²) in [6, 6.07) is 11.8. The molecule has 0 fully saturated rings. The molecule has 0 radical (unpaired) electrons. The molecule has 2 aromatic carbocycles. The van der Waals surface area contributed by atoms with Gasteiger partial charge in [-0.25, -0.2) is 0 Å². The van der Waals surface area contributed by atoms with Crippen molar-refractivity contribution in [3.63, 3.8) is 0 Å². The lowest BCUT2D eigenvalue weighted by Gasteiger charge is -2.14. The van der Waals surface area contributed by atoms with Gasteiger partial charge >= 0.3 is 0 Å². The lowest BCUT2D eigenvalue weighted by atomic mass is 10.1. The quantitative estimate of drug-likeness (QED) is 0.534. The van der Waals surface area contributed by atoms with E-state index in [9.17, 15) is 4.79 Å². The van der Waals surface area contributed by atoms with Crippen molar-refractivity contribution in [2.75, 3.05) is 27.4 Å². The van der Waals surface area contributed by atoms with Crippen molar-refractivity contribution in [3.05, 3.63) is 52.0 Å². The minimum atomic E-state index is -0.539. The molecule has 0 aromatic heterocycles. The lowest BCUT2D eigenvalue weighted by Crippen LogP contribution is -2.20. The van der Waals surface area contributed by atoms with Crippen molar-refractivity contribution in [3.8, 4) is 17.2 Å². The number of nitrogens with two attached hydrogens (primary N) is 1. The number of nitrogens with one attached hydrogen (secondary N) is 1. The average molecular weight is 460 g/mol. The van der Waals surface area contributed by atoms with Crippen LogP contribution in [0.5, 0.6) is 17.2 Å². The number of rotatable bonds is 10. The number of amides is 1. The molecule has 0 aliphatic rings. The van der Waals surface area contributed by atoms with Gasteiger partial charge in [0.25, 0.3) is 5.91 Å². The summed E-state index contributed by atoms with van der Waals surface area (Å²) >= 11 is 3.45. The molecule has 1 amide bonds. The second kappa shape index (κ2) is 11.7. The second-order valence-electron chi connectivity index (χ2n) is 5.64. The van der Waals surface area contributed by atoms with Crippen molar-refractivity contribution in [2.45, 2.75) is 13.0 Å². The molecule has 0 heterocycles. The van der Waals surface area contributed by atoms with E-state index in [0.29, 0.717) is 22.5 Å². The summed E-state index contributed by atoms with van der Waals surface area (Å²) in [7, 11) is 3.22. The molecule has 2 aromatic rings. The molecule has 2 rings (SSSR count). The van der Waals surface area contributed by atoms with E-state index >= 15 is 0 Å². The molecular weight excluding hydrogens is 436 g/mol. The number of carbonyl (C=O) groups excluding carboxylic acids is 1. The standard InChI is InChI=1S/C19H23BrN2O4.ClH/c1-24-15-5-3-13(4-6-15)7-8-22-11-14-9-16(20)19(17(10-14)25-2)26-12-18(21)23;/h3-6,9-10,22H,7-8,11-12H2,1-2H3,(H2,21,23);1H. The summed E-state index contributed by atoms with van der Waals surface area (Å²) in [5, 5.41) is 3.40. The molecule has 0 aliphatic heterocycles. The summed E-state index contributed by atoms with van der Waals surface area (Å²) < 4.78 is 16.6. The first-order valence-electron chi connectivity index (χ1n) is 8.14. The average Bonchev–Trinajstić information content (AvgIpc) is 2.64. The molecular formula is C19H24BrClN2O4. The molecule has 3 N–H and O–H groups in total. The van der Waals surface area contributed by atoms with Gasteiger partial charge < -0.3 is 25.3 Å². The van der Waals surface area contributed by atoms with Crippen LogP contribution in [-0.4, -0.2) is 33.3 Å². The van der Waals surface area contributed by atoms with Crippen molar-refractivity contribution >= 4 is 34.2 Å². The smallest absolute Gasteiger partial charge is 0.255 e. The molecule has 0 unspecified atom stereocenters. The van der Waals surface area contributed by atoms with Crippen LogP contribution in [0.4, 0.5) is 0 Å². The Kier molecular flexibility index (Phi) is 9.99. The van der Waals surface area contributed by atoms with Crippen molar-refractivity contribution in [2.24, 2.45) is 5.73 Å². The maximum Gasteiger partial charge on any atom is 0.255 e. The monoisotopic (exact) mass is 458 g/mol. The summed E-state index contributed by atoms with van der Waals surface area (Å²) in [6.45, 7) is 1.32. The van der Waals surface area contributed by atoms with E-state index in [1.165, 1.54) is 5.56 Å². The zero-order chi connectivity index (χ0) is 18.9. The highest BCUT2D eigenvalue weighted by Crippen LogP contribution is 2.36. The Hall–Kier alpha value is -1.96. The molecule has 0 bridgehead atoms. The van der Waals surface area contributed by atoms with Gasteiger partial charge in [-0.3, -0.25) is 4.79 Å². The van der Waals surface area contributed by atoms with Crippen LogP contribution in [0.15, 0.2) is 40.9 Å². The number of hydrogen-bond donors (Lipinski definition) is 2. The van der Waals surface area contributed by atoms with Crippen LogP contribution in [-0.2, 0) is 17.8 Å². The van der Waals surface area contributed by atoms with E-state index in [1.807, 2.05) is 24.3 Å². The van der Waals surface area contributed by atoms with Gasteiger partial charge in [-0.05, 0) is 64.3 Å². The normalized spacial score (nSPS) is 10.0. The van der Waals surface area contributed by atoms with E-state index in [-0.39, 0.29) is 19.0 Å². The zero-order valence-electron chi connectivity index (χ0n) is 15.3. The molecule has 8 heteroatoms. The zero-order valence-corrected chi connectivity index (χ0v) is 17.7. The highest BCUT2D eigenvalue weighted by molar-refractivity contribution is 9.10. The Morgan fingerprint density at radius 1 is 1.11 bits per heavy atom. The molecule has 6 nitrogen and oxygen atoms in total. The summed E-state index contributed by atoms with van der Waals surface area (Å²) in [6.07, 6.45) is 0.919. The van der Waals surface area contributed by atoms with Gasteiger partial charge in [-0.1, -0.05) is 12.1 Å². The maximum atomic E-state index is 10.9. The fraction of sp³-hybridized carbons (Fsp3) is 0.316. The number of ether oxygens (including phenoxy) is 3. The highest BCUT2D eigenvalue weighted by atomic mass is 79.9.